The van der Waals surface area contributed by atoms with Crippen LogP contribution < -0.4 is 10.6 Å². The number of rotatable bonds is 6. The first-order chi connectivity index (χ1) is 12.0. The molecule has 0 radical (unpaired) electrons. The van der Waals surface area contributed by atoms with Crippen molar-refractivity contribution in [3.8, 4) is 0 Å². The third-order valence-corrected chi connectivity index (χ3v) is 4.16. The van der Waals surface area contributed by atoms with Crippen LogP contribution in [-0.4, -0.2) is 42.1 Å². The molecule has 2 rings (SSSR count). The lowest BCUT2D eigenvalue weighted by Crippen LogP contribution is -2.50. The zero-order chi connectivity index (χ0) is 18.2. The Morgan fingerprint density at radius 2 is 2.16 bits per heavy atom. The van der Waals surface area contributed by atoms with Crippen LogP contribution in [0.1, 0.15) is 45.6 Å². The number of hydrogen-bond donors (Lipinski definition) is 2. The SMILES string of the molecule is CCC(=O)N[C@H]1CCCN(C(=O)Nc2cccc(COC(C)C)c2)C1. The molecule has 1 aliphatic rings. The Balaban J connectivity index is 1.90. The summed E-state index contributed by atoms with van der Waals surface area (Å²) in [5.74, 6) is 0.0325. The van der Waals surface area contributed by atoms with Crippen LogP contribution in [0.2, 0.25) is 0 Å². The van der Waals surface area contributed by atoms with Gasteiger partial charge in [0.05, 0.1) is 12.7 Å². The molecular weight excluding hydrogens is 318 g/mol. The topological polar surface area (TPSA) is 70.7 Å². The average molecular weight is 347 g/mol. The van der Waals surface area contributed by atoms with Gasteiger partial charge in [0.1, 0.15) is 0 Å². The first kappa shape index (κ1) is 19.2. The van der Waals surface area contributed by atoms with E-state index in [-0.39, 0.29) is 24.1 Å². The van der Waals surface area contributed by atoms with Crippen LogP contribution in [-0.2, 0) is 16.1 Å². The summed E-state index contributed by atoms with van der Waals surface area (Å²) >= 11 is 0. The summed E-state index contributed by atoms with van der Waals surface area (Å²) in [7, 11) is 0. The summed E-state index contributed by atoms with van der Waals surface area (Å²) < 4.78 is 5.60. The van der Waals surface area contributed by atoms with E-state index in [4.69, 9.17) is 4.74 Å². The number of piperidine rings is 1. The highest BCUT2D eigenvalue weighted by Gasteiger charge is 2.24. The number of likely N-dealkylation sites (tertiary alicyclic amines) is 1. The highest BCUT2D eigenvalue weighted by molar-refractivity contribution is 5.89. The molecule has 25 heavy (non-hydrogen) atoms. The van der Waals surface area contributed by atoms with Gasteiger partial charge in [0.15, 0.2) is 0 Å². The maximum absolute atomic E-state index is 12.5. The fourth-order valence-electron chi connectivity index (χ4n) is 2.81. The highest BCUT2D eigenvalue weighted by Crippen LogP contribution is 2.15. The maximum atomic E-state index is 12.5. The molecule has 1 aromatic rings. The lowest BCUT2D eigenvalue weighted by molar-refractivity contribution is -0.121. The van der Waals surface area contributed by atoms with Crippen molar-refractivity contribution in [3.05, 3.63) is 29.8 Å². The second kappa shape index (κ2) is 9.42. The van der Waals surface area contributed by atoms with E-state index in [1.165, 1.54) is 0 Å². The molecule has 6 nitrogen and oxygen atoms in total. The van der Waals surface area contributed by atoms with Crippen molar-refractivity contribution < 1.29 is 14.3 Å². The van der Waals surface area contributed by atoms with Crippen LogP contribution in [0.15, 0.2) is 24.3 Å². The second-order valence-electron chi connectivity index (χ2n) is 6.70. The predicted octanol–water partition coefficient (Wildman–Crippen LogP) is 3.13. The van der Waals surface area contributed by atoms with Gasteiger partial charge < -0.3 is 20.3 Å². The van der Waals surface area contributed by atoms with Crippen LogP contribution in [0.5, 0.6) is 0 Å². The summed E-state index contributed by atoms with van der Waals surface area (Å²) in [4.78, 5) is 25.8. The van der Waals surface area contributed by atoms with Gasteiger partial charge in [0.25, 0.3) is 0 Å². The number of carbonyl (C=O) groups is 2. The Labute approximate surface area is 149 Å². The minimum Gasteiger partial charge on any atom is -0.374 e. The van der Waals surface area contributed by atoms with Gasteiger partial charge in [-0.25, -0.2) is 4.79 Å². The van der Waals surface area contributed by atoms with Gasteiger partial charge in [-0.2, -0.15) is 0 Å². The van der Waals surface area contributed by atoms with E-state index in [1.807, 2.05) is 45.0 Å². The molecule has 0 aliphatic carbocycles. The van der Waals surface area contributed by atoms with Crippen molar-refractivity contribution >= 4 is 17.6 Å². The molecule has 1 aliphatic heterocycles. The van der Waals surface area contributed by atoms with Crippen molar-refractivity contribution in [2.75, 3.05) is 18.4 Å². The molecular formula is C19H29N3O3. The molecule has 0 unspecified atom stereocenters. The van der Waals surface area contributed by atoms with Crippen molar-refractivity contribution in [2.24, 2.45) is 0 Å². The predicted molar refractivity (Wildman–Crippen MR) is 98.4 cm³/mol. The van der Waals surface area contributed by atoms with Crippen LogP contribution in [0.4, 0.5) is 10.5 Å². The van der Waals surface area contributed by atoms with Crippen molar-refractivity contribution in [2.45, 2.75) is 58.8 Å². The Kier molecular flexibility index (Phi) is 7.25. The first-order valence-electron chi connectivity index (χ1n) is 9.03. The zero-order valence-corrected chi connectivity index (χ0v) is 15.4. The molecule has 138 valence electrons. The van der Waals surface area contributed by atoms with Crippen molar-refractivity contribution in [3.63, 3.8) is 0 Å². The van der Waals surface area contributed by atoms with Gasteiger partial charge in [-0.15, -0.1) is 0 Å². The third kappa shape index (κ3) is 6.38. The summed E-state index contributed by atoms with van der Waals surface area (Å²) in [6, 6.07) is 7.61. The number of hydrogen-bond acceptors (Lipinski definition) is 3. The summed E-state index contributed by atoms with van der Waals surface area (Å²) in [6.07, 6.45) is 2.44. The molecule has 0 spiro atoms. The fourth-order valence-corrected chi connectivity index (χ4v) is 2.81. The van der Waals surface area contributed by atoms with Crippen LogP contribution in [0.25, 0.3) is 0 Å². The van der Waals surface area contributed by atoms with Crippen LogP contribution >= 0.6 is 0 Å². The van der Waals surface area contributed by atoms with E-state index in [1.54, 1.807) is 4.90 Å². The minimum atomic E-state index is -0.127. The van der Waals surface area contributed by atoms with E-state index in [9.17, 15) is 9.59 Å². The first-order valence-corrected chi connectivity index (χ1v) is 9.03. The third-order valence-electron chi connectivity index (χ3n) is 4.16. The molecule has 0 bridgehead atoms. The number of amides is 3. The van der Waals surface area contributed by atoms with Gasteiger partial charge in [-0.1, -0.05) is 19.1 Å². The number of benzene rings is 1. The van der Waals surface area contributed by atoms with Gasteiger partial charge in [-0.3, -0.25) is 4.79 Å². The zero-order valence-electron chi connectivity index (χ0n) is 15.4. The molecule has 1 aromatic carbocycles. The largest absolute Gasteiger partial charge is 0.374 e. The minimum absolute atomic E-state index is 0.0325. The van der Waals surface area contributed by atoms with E-state index >= 15 is 0 Å². The maximum Gasteiger partial charge on any atom is 0.321 e. The number of nitrogens with zero attached hydrogens (tertiary/aromatic N) is 1. The van der Waals surface area contributed by atoms with Gasteiger partial charge in [-0.05, 0) is 44.4 Å². The van der Waals surface area contributed by atoms with Gasteiger partial charge in [0, 0.05) is 31.2 Å². The molecule has 3 amide bonds. The Hall–Kier alpha value is -2.08. The van der Waals surface area contributed by atoms with E-state index in [0.717, 1.165) is 24.1 Å². The van der Waals surface area contributed by atoms with E-state index in [2.05, 4.69) is 10.6 Å². The smallest absolute Gasteiger partial charge is 0.321 e. The Morgan fingerprint density at radius 3 is 2.88 bits per heavy atom. The fraction of sp³-hybridized carbons (Fsp3) is 0.579. The molecule has 0 saturated carbocycles. The second-order valence-corrected chi connectivity index (χ2v) is 6.70. The summed E-state index contributed by atoms with van der Waals surface area (Å²) in [5.41, 5.74) is 1.79. The number of anilines is 1. The number of ether oxygens (including phenoxy) is 1. The van der Waals surface area contributed by atoms with Crippen LogP contribution in [0.3, 0.4) is 0 Å². The van der Waals surface area contributed by atoms with Gasteiger partial charge in [0.2, 0.25) is 5.91 Å². The molecule has 1 atom stereocenters. The van der Waals surface area contributed by atoms with Crippen molar-refractivity contribution in [1.82, 2.24) is 10.2 Å². The van der Waals surface area contributed by atoms with Crippen molar-refractivity contribution in [1.29, 1.82) is 0 Å². The molecule has 6 heteroatoms. The number of urea groups is 1. The molecule has 1 heterocycles. The summed E-state index contributed by atoms with van der Waals surface area (Å²) in [5, 5.41) is 5.92. The van der Waals surface area contributed by atoms with Gasteiger partial charge >= 0.3 is 6.03 Å². The number of nitrogens with one attached hydrogen (secondary N) is 2. The quantitative estimate of drug-likeness (QED) is 0.830. The number of carbonyl (C=O) groups excluding carboxylic acids is 2. The lowest BCUT2D eigenvalue weighted by atomic mass is 10.1. The average Bonchev–Trinajstić information content (AvgIpc) is 2.60. The Bertz CT molecular complexity index is 589. The Morgan fingerprint density at radius 1 is 1.36 bits per heavy atom. The highest BCUT2D eigenvalue weighted by atomic mass is 16.5. The van der Waals surface area contributed by atoms with E-state index in [0.29, 0.717) is 26.1 Å². The van der Waals surface area contributed by atoms with E-state index < -0.39 is 0 Å². The monoisotopic (exact) mass is 347 g/mol. The normalized spacial score (nSPS) is 17.4. The molecule has 1 saturated heterocycles. The summed E-state index contributed by atoms with van der Waals surface area (Å²) in [6.45, 7) is 7.61. The molecule has 2 N–H and O–H groups in total. The molecule has 0 aromatic heterocycles. The lowest BCUT2D eigenvalue weighted by Gasteiger charge is -2.33. The standard InChI is InChI=1S/C19H29N3O3/c1-4-18(23)20-17-9-6-10-22(12-17)19(24)21-16-8-5-7-15(11-16)13-25-14(2)3/h5,7-8,11,14,17H,4,6,9-10,12-13H2,1-3H3,(H,20,23)(H,21,24)/t17-/m0/s1. The van der Waals surface area contributed by atoms with Crippen LogP contribution in [0, 0.1) is 0 Å². The molecule has 1 fully saturated rings.